The van der Waals surface area contributed by atoms with Crippen LogP contribution in [-0.2, 0) is 27.4 Å². The molecule has 2 aromatic heterocycles. The number of allylic oxidation sites excluding steroid dienone is 1. The Morgan fingerprint density at radius 3 is 2.58 bits per heavy atom. The fourth-order valence-electron chi connectivity index (χ4n) is 4.59. The minimum absolute atomic E-state index is 0.0625. The third-order valence-corrected chi connectivity index (χ3v) is 6.26. The first kappa shape index (κ1) is 22.6. The molecule has 1 atom stereocenters. The summed E-state index contributed by atoms with van der Waals surface area (Å²) in [4.78, 5) is 25.8. The highest BCUT2D eigenvalue weighted by Crippen LogP contribution is 2.35. The molecule has 1 aliphatic rings. The molecule has 1 amide bonds. The van der Waals surface area contributed by atoms with Crippen LogP contribution in [0.25, 0.3) is 34.2 Å². The molecule has 6 nitrogen and oxygen atoms in total. The lowest BCUT2D eigenvalue weighted by atomic mass is 9.93. The molecule has 1 N–H and O–H groups in total. The van der Waals surface area contributed by atoms with Gasteiger partial charge in [-0.3, -0.25) is 9.59 Å². The first-order valence-corrected chi connectivity index (χ1v) is 11.1. The zero-order valence-electron chi connectivity index (χ0n) is 19.1. The SMILES string of the molecule is C=Cc1c2cn(c1C=C)CCC(C)OCCn1cc(c3ccccc31)/C(C(=O)NC)=C\2C=O. The van der Waals surface area contributed by atoms with Crippen LogP contribution >= 0.6 is 0 Å². The summed E-state index contributed by atoms with van der Waals surface area (Å²) >= 11 is 0. The molecule has 0 aliphatic carbocycles. The summed E-state index contributed by atoms with van der Waals surface area (Å²) in [6, 6.07) is 7.90. The van der Waals surface area contributed by atoms with E-state index in [4.69, 9.17) is 4.74 Å². The minimum Gasteiger partial charge on any atom is -0.377 e. The molecule has 0 spiro atoms. The number of ether oxygens (including phenoxy) is 1. The Balaban J connectivity index is 2.11. The van der Waals surface area contributed by atoms with Gasteiger partial charge in [-0.1, -0.05) is 37.4 Å². The van der Waals surface area contributed by atoms with Gasteiger partial charge >= 0.3 is 0 Å². The maximum Gasteiger partial charge on any atom is 0.252 e. The first-order chi connectivity index (χ1) is 16.0. The average molecular weight is 444 g/mol. The molecule has 1 aromatic carbocycles. The second-order valence-electron chi connectivity index (χ2n) is 8.15. The second-order valence-corrected chi connectivity index (χ2v) is 8.15. The smallest absolute Gasteiger partial charge is 0.252 e. The summed E-state index contributed by atoms with van der Waals surface area (Å²) in [5, 5.41) is 3.63. The predicted octanol–water partition coefficient (Wildman–Crippen LogP) is 4.39. The van der Waals surface area contributed by atoms with Crippen LogP contribution < -0.4 is 5.32 Å². The number of carbonyl (C=O) groups excluding carboxylic acids is 2. The van der Waals surface area contributed by atoms with E-state index >= 15 is 0 Å². The molecule has 33 heavy (non-hydrogen) atoms. The lowest BCUT2D eigenvalue weighted by Gasteiger charge is -2.15. The number of hydrogen-bond acceptors (Lipinski definition) is 3. The van der Waals surface area contributed by atoms with E-state index < -0.39 is 0 Å². The lowest BCUT2D eigenvalue weighted by Crippen LogP contribution is -2.21. The number of carbonyl (C=O) groups is 2. The number of likely N-dealkylation sites (N-methyl/N-ethyl adjacent to an activating group) is 1. The summed E-state index contributed by atoms with van der Waals surface area (Å²) < 4.78 is 10.2. The van der Waals surface area contributed by atoms with Crippen molar-refractivity contribution in [3.8, 4) is 0 Å². The van der Waals surface area contributed by atoms with Crippen LogP contribution in [0.5, 0.6) is 0 Å². The van der Waals surface area contributed by atoms with Crippen molar-refractivity contribution in [2.24, 2.45) is 0 Å². The number of hydrogen-bond donors (Lipinski definition) is 1. The number of aromatic nitrogens is 2. The number of aldehydes is 1. The Morgan fingerprint density at radius 1 is 1.12 bits per heavy atom. The highest BCUT2D eigenvalue weighted by atomic mass is 16.5. The Labute approximate surface area is 193 Å². The summed E-state index contributed by atoms with van der Waals surface area (Å²) in [6.45, 7) is 11.9. The minimum atomic E-state index is -0.320. The number of rotatable bonds is 4. The number of amides is 1. The maximum absolute atomic E-state index is 13.2. The monoisotopic (exact) mass is 443 g/mol. The molecule has 4 rings (SSSR count). The largest absolute Gasteiger partial charge is 0.377 e. The summed E-state index contributed by atoms with van der Waals surface area (Å²) in [5.74, 6) is -0.320. The van der Waals surface area contributed by atoms with Crippen LogP contribution in [0.2, 0.25) is 0 Å². The van der Waals surface area contributed by atoms with E-state index in [-0.39, 0.29) is 12.0 Å². The summed E-state index contributed by atoms with van der Waals surface area (Å²) in [6.07, 6.45) is 8.97. The highest BCUT2D eigenvalue weighted by Gasteiger charge is 2.25. The third-order valence-electron chi connectivity index (χ3n) is 6.26. The van der Waals surface area contributed by atoms with Gasteiger partial charge in [0, 0.05) is 71.4 Å². The van der Waals surface area contributed by atoms with Gasteiger partial charge in [0.25, 0.3) is 5.91 Å². The number of fused-ring (bicyclic) bond motifs is 7. The van der Waals surface area contributed by atoms with Gasteiger partial charge in [0.2, 0.25) is 0 Å². The van der Waals surface area contributed by atoms with Crippen molar-refractivity contribution in [2.75, 3.05) is 13.7 Å². The number of nitrogens with one attached hydrogen (secondary N) is 1. The molecule has 170 valence electrons. The molecule has 3 heterocycles. The number of aryl methyl sites for hydroxylation is 1. The Hall–Kier alpha value is -3.64. The fraction of sp³-hybridized carbons (Fsp3) is 0.259. The van der Waals surface area contributed by atoms with E-state index in [0.29, 0.717) is 42.0 Å². The Kier molecular flexibility index (Phi) is 6.47. The predicted molar refractivity (Wildman–Crippen MR) is 134 cm³/mol. The molecule has 0 saturated heterocycles. The number of para-hydroxylation sites is 1. The van der Waals surface area contributed by atoms with E-state index in [2.05, 4.69) is 34.5 Å². The molecular formula is C27H29N3O3. The number of benzene rings is 1. The zero-order valence-corrected chi connectivity index (χ0v) is 19.1. The standard InChI is InChI=1S/C27H29N3O3/c1-5-19-21-15-29(24(19)6-2)12-11-18(3)33-14-13-30-16-22(20-9-7-8-10-25(20)30)26(23(21)17-31)27(32)28-4/h5-10,15-18H,1-2,11-14H2,3-4H3,(H,28,32)/b26-23+. The first-order valence-electron chi connectivity index (χ1n) is 11.1. The van der Waals surface area contributed by atoms with Gasteiger partial charge in [-0.05, 0) is 25.5 Å². The van der Waals surface area contributed by atoms with Crippen LogP contribution in [0, 0.1) is 0 Å². The van der Waals surface area contributed by atoms with Gasteiger partial charge < -0.3 is 19.2 Å². The lowest BCUT2D eigenvalue weighted by molar-refractivity contribution is -0.115. The topological polar surface area (TPSA) is 65.3 Å². The molecule has 6 heteroatoms. The van der Waals surface area contributed by atoms with Crippen LogP contribution in [0.3, 0.4) is 0 Å². The quantitative estimate of drug-likeness (QED) is 0.608. The van der Waals surface area contributed by atoms with Crippen molar-refractivity contribution in [3.63, 3.8) is 0 Å². The molecule has 0 fully saturated rings. The van der Waals surface area contributed by atoms with Crippen LogP contribution in [0.4, 0.5) is 0 Å². The molecule has 4 bridgehead atoms. The van der Waals surface area contributed by atoms with Crippen LogP contribution in [-0.4, -0.2) is 41.1 Å². The van der Waals surface area contributed by atoms with Crippen LogP contribution in [0.15, 0.2) is 49.8 Å². The molecule has 0 radical (unpaired) electrons. The summed E-state index contributed by atoms with van der Waals surface area (Å²) in [7, 11) is 1.58. The Morgan fingerprint density at radius 2 is 1.88 bits per heavy atom. The van der Waals surface area contributed by atoms with Crippen molar-refractivity contribution in [1.29, 1.82) is 0 Å². The van der Waals surface area contributed by atoms with E-state index in [0.717, 1.165) is 34.9 Å². The van der Waals surface area contributed by atoms with Crippen molar-refractivity contribution < 1.29 is 14.3 Å². The number of nitrogens with zero attached hydrogens (tertiary/aromatic N) is 2. The molecule has 1 unspecified atom stereocenters. The van der Waals surface area contributed by atoms with Gasteiger partial charge in [0.1, 0.15) is 0 Å². The fourth-order valence-corrected chi connectivity index (χ4v) is 4.59. The normalized spacial score (nSPS) is 19.0. The average Bonchev–Trinajstić information content (AvgIpc) is 3.37. The van der Waals surface area contributed by atoms with Crippen molar-refractivity contribution in [1.82, 2.24) is 14.5 Å². The van der Waals surface area contributed by atoms with Gasteiger partial charge in [0.15, 0.2) is 6.29 Å². The molecular weight excluding hydrogens is 414 g/mol. The van der Waals surface area contributed by atoms with E-state index in [9.17, 15) is 9.59 Å². The van der Waals surface area contributed by atoms with Gasteiger partial charge in [-0.2, -0.15) is 0 Å². The van der Waals surface area contributed by atoms with Gasteiger partial charge in [-0.15, -0.1) is 0 Å². The Bertz CT molecular complexity index is 1280. The molecule has 3 aromatic rings. The van der Waals surface area contributed by atoms with Gasteiger partial charge in [0.05, 0.1) is 18.3 Å². The third kappa shape index (κ3) is 3.98. The summed E-state index contributed by atoms with van der Waals surface area (Å²) in [5.41, 5.74) is 4.66. The highest BCUT2D eigenvalue weighted by molar-refractivity contribution is 6.37. The zero-order chi connectivity index (χ0) is 23.5. The van der Waals surface area contributed by atoms with Crippen LogP contribution in [0.1, 0.15) is 35.7 Å². The van der Waals surface area contributed by atoms with E-state index in [1.54, 1.807) is 19.2 Å². The van der Waals surface area contributed by atoms with E-state index in [1.807, 2.05) is 36.7 Å². The van der Waals surface area contributed by atoms with Crippen molar-refractivity contribution >= 4 is 46.4 Å². The maximum atomic E-state index is 13.2. The van der Waals surface area contributed by atoms with Crippen molar-refractivity contribution in [2.45, 2.75) is 32.5 Å². The van der Waals surface area contributed by atoms with Crippen molar-refractivity contribution in [3.05, 3.63) is 72.2 Å². The second kappa shape index (κ2) is 9.46. The van der Waals surface area contributed by atoms with E-state index in [1.165, 1.54) is 0 Å². The van der Waals surface area contributed by atoms with Gasteiger partial charge in [-0.25, -0.2) is 0 Å². The molecule has 1 aliphatic heterocycles. The molecule has 0 saturated carbocycles.